The molecule has 2 atom stereocenters. The van der Waals surface area contributed by atoms with E-state index in [1.165, 1.54) is 33.8 Å². The molecule has 19 heteroatoms. The smallest absolute Gasteiger partial charge is 0.353 e. The summed E-state index contributed by atoms with van der Waals surface area (Å²) in [6.07, 6.45) is 3.32. The molecule has 0 aliphatic carbocycles. The zero-order valence-electron chi connectivity index (χ0n) is 21.8. The summed E-state index contributed by atoms with van der Waals surface area (Å²) in [4.78, 5) is 58.0. The number of amides is 2. The minimum atomic E-state index is -1.26. The summed E-state index contributed by atoms with van der Waals surface area (Å²) in [7, 11) is 0. The summed E-state index contributed by atoms with van der Waals surface area (Å²) in [5.41, 5.74) is 16.9. The lowest BCUT2D eigenvalue weighted by atomic mass is 10.0. The number of guanidine groups is 1. The molecule has 14 nitrogen and oxygen atoms in total. The van der Waals surface area contributed by atoms with Gasteiger partial charge in [0.05, 0.1) is 6.54 Å². The highest BCUT2D eigenvalue weighted by atomic mass is 32.2. The number of β-lactam (4-membered cyclic amide) rings is 1. The molecule has 0 radical (unpaired) electrons. The van der Waals surface area contributed by atoms with Crippen LogP contribution in [-0.2, 0) is 25.0 Å². The number of carbonyl (C=O) groups excluding carboxylic acids is 2. The second kappa shape index (κ2) is 14.6. The molecule has 0 saturated carbocycles. The first-order valence-electron chi connectivity index (χ1n) is 12.1. The molecular formula is C23H26FN9O5S4. The van der Waals surface area contributed by atoms with Crippen LogP contribution in [0.4, 0.5) is 9.52 Å². The Morgan fingerprint density at radius 2 is 2.17 bits per heavy atom. The van der Waals surface area contributed by atoms with Crippen molar-refractivity contribution < 1.29 is 28.7 Å². The van der Waals surface area contributed by atoms with Crippen molar-refractivity contribution in [3.8, 4) is 0 Å². The van der Waals surface area contributed by atoms with Crippen molar-refractivity contribution in [2.45, 2.75) is 22.1 Å². The molecule has 42 heavy (non-hydrogen) atoms. The number of anilines is 1. The fraction of sp³-hybridized carbons (Fsp3) is 0.348. The number of aliphatic imine (C=N–C) groups is 1. The van der Waals surface area contributed by atoms with Gasteiger partial charge in [-0.25, -0.2) is 14.2 Å². The van der Waals surface area contributed by atoms with Crippen LogP contribution in [0.2, 0.25) is 0 Å². The maximum Gasteiger partial charge on any atom is 0.353 e. The number of halogens is 1. The van der Waals surface area contributed by atoms with Crippen LogP contribution in [0.3, 0.4) is 0 Å². The van der Waals surface area contributed by atoms with E-state index in [1.807, 2.05) is 0 Å². The number of carboxylic acid groups (broad SMARTS) is 1. The van der Waals surface area contributed by atoms with E-state index < -0.39 is 35.9 Å². The topological polar surface area (TPSA) is 224 Å². The third-order valence-corrected chi connectivity index (χ3v) is 9.93. The molecule has 8 N–H and O–H groups in total. The van der Waals surface area contributed by atoms with Gasteiger partial charge in [0.25, 0.3) is 11.8 Å². The summed E-state index contributed by atoms with van der Waals surface area (Å²) in [5.74, 6) is -1.06. The number of nitrogens with two attached hydrogens (primary N) is 3. The molecule has 2 aliphatic heterocycles. The van der Waals surface area contributed by atoms with Gasteiger partial charge in [-0.3, -0.25) is 24.5 Å². The number of fused-ring (bicyclic) bond motifs is 1. The average Bonchev–Trinajstić information content (AvgIpc) is 3.39. The molecule has 0 bridgehead atoms. The van der Waals surface area contributed by atoms with E-state index in [1.54, 1.807) is 30.2 Å². The number of nitrogen functional groups attached to an aromatic ring is 1. The maximum absolute atomic E-state index is 13.2. The molecule has 1 fully saturated rings. The van der Waals surface area contributed by atoms with Crippen LogP contribution in [0.5, 0.6) is 0 Å². The second-order valence-electron chi connectivity index (χ2n) is 8.42. The van der Waals surface area contributed by atoms with Crippen molar-refractivity contribution in [2.24, 2.45) is 21.6 Å². The zero-order valence-corrected chi connectivity index (χ0v) is 25.0. The minimum absolute atomic E-state index is 0.0256. The lowest BCUT2D eigenvalue weighted by Gasteiger charge is -2.49. The zero-order chi connectivity index (χ0) is 30.2. The Morgan fingerprint density at radius 1 is 1.36 bits per heavy atom. The van der Waals surface area contributed by atoms with Gasteiger partial charge in [-0.1, -0.05) is 16.9 Å². The number of thioether (sulfide) groups is 3. The number of rotatable bonds is 14. The number of carbonyl (C=O) groups is 3. The lowest BCUT2D eigenvalue weighted by Crippen LogP contribution is -2.71. The number of alkyl halides is 1. The van der Waals surface area contributed by atoms with E-state index in [4.69, 9.17) is 22.0 Å². The first-order chi connectivity index (χ1) is 20.2. The molecule has 0 aromatic carbocycles. The van der Waals surface area contributed by atoms with Gasteiger partial charge in [0.15, 0.2) is 16.8 Å². The predicted molar refractivity (Wildman–Crippen MR) is 162 cm³/mol. The second-order valence-corrected chi connectivity index (χ2v) is 12.7. The molecule has 2 aromatic heterocycles. The van der Waals surface area contributed by atoms with Crippen LogP contribution in [0.15, 0.2) is 49.5 Å². The lowest BCUT2D eigenvalue weighted by molar-refractivity contribution is -0.150. The molecule has 4 rings (SSSR count). The van der Waals surface area contributed by atoms with Gasteiger partial charge in [-0.15, -0.1) is 23.1 Å². The normalized spacial score (nSPS) is 18.3. The van der Waals surface area contributed by atoms with Crippen LogP contribution < -0.4 is 22.5 Å². The number of pyridine rings is 1. The van der Waals surface area contributed by atoms with Crippen molar-refractivity contribution in [1.29, 1.82) is 0 Å². The van der Waals surface area contributed by atoms with Crippen LogP contribution >= 0.6 is 46.6 Å². The Balaban J connectivity index is 1.48. The Labute approximate surface area is 255 Å². The Bertz CT molecular complexity index is 1430. The number of hydrogen-bond donors (Lipinski definition) is 5. The number of aromatic nitrogens is 2. The van der Waals surface area contributed by atoms with Crippen molar-refractivity contribution in [2.75, 3.05) is 37.1 Å². The number of oxime groups is 1. The van der Waals surface area contributed by atoms with E-state index in [0.29, 0.717) is 23.0 Å². The van der Waals surface area contributed by atoms with Crippen molar-refractivity contribution in [3.63, 3.8) is 0 Å². The molecule has 0 spiro atoms. The summed E-state index contributed by atoms with van der Waals surface area (Å²) in [6.45, 7) is -0.739. The summed E-state index contributed by atoms with van der Waals surface area (Å²) in [6, 6.07) is 0.765. The van der Waals surface area contributed by atoms with E-state index in [-0.39, 0.29) is 40.6 Å². The molecule has 1 saturated heterocycles. The van der Waals surface area contributed by atoms with Gasteiger partial charge >= 0.3 is 5.97 Å². The average molecular weight is 656 g/mol. The Hall–Kier alpha value is -3.55. The first kappa shape index (κ1) is 31.4. The molecular weight excluding hydrogens is 630 g/mol. The van der Waals surface area contributed by atoms with Gasteiger partial charge in [-0.05, 0) is 11.6 Å². The highest BCUT2D eigenvalue weighted by molar-refractivity contribution is 8.06. The standard InChI is InChI=1S/C23H26FN9O5S4/c24-2-5-38-32-15(12-9-41-23(27)30-12)18(34)31-16-19(35)33-17(21(36)37)14(10-40-20(16)33)42-13-1-3-28-7-11(13)8-39-6-4-29-22(25)26/h1,3,7,9,16,20H,2,4-6,8,10H2,(H2,27,30)(H,31,34)(H,36,37)(H4,25,26,29)/b32-15-/t16-,20+/m1/s1. The molecule has 0 unspecified atom stereocenters. The fourth-order valence-electron chi connectivity index (χ4n) is 3.80. The Morgan fingerprint density at radius 3 is 2.86 bits per heavy atom. The van der Waals surface area contributed by atoms with E-state index >= 15 is 0 Å². The highest BCUT2D eigenvalue weighted by Gasteiger charge is 2.54. The van der Waals surface area contributed by atoms with Crippen molar-refractivity contribution in [3.05, 3.63) is 45.7 Å². The third kappa shape index (κ3) is 7.44. The molecule has 4 heterocycles. The van der Waals surface area contributed by atoms with Gasteiger partial charge in [0.1, 0.15) is 36.1 Å². The van der Waals surface area contributed by atoms with Crippen LogP contribution in [0.1, 0.15) is 11.3 Å². The monoisotopic (exact) mass is 655 g/mol. The first-order valence-corrected chi connectivity index (χ1v) is 16.0. The van der Waals surface area contributed by atoms with Gasteiger partial charge in [-0.2, -0.15) is 11.8 Å². The van der Waals surface area contributed by atoms with Crippen LogP contribution in [0, 0.1) is 0 Å². The molecule has 2 amide bonds. The number of hydrogen-bond acceptors (Lipinski definition) is 13. The fourth-order valence-corrected chi connectivity index (χ4v) is 7.82. The maximum atomic E-state index is 13.2. The third-order valence-electron chi connectivity index (χ3n) is 5.61. The SMILES string of the molecule is NC(N)=NCCSCc1cnccc1SC1=C(C(=O)O)N2C(=O)[C@@H](NC(=O)/C(=N\OCCF)c3csc(N)n3)[C@@H]2SC1. The van der Waals surface area contributed by atoms with Gasteiger partial charge in [0.2, 0.25) is 0 Å². The van der Waals surface area contributed by atoms with Crippen molar-refractivity contribution >= 4 is 81.2 Å². The number of carboxylic acids is 1. The molecule has 2 aliphatic rings. The number of nitrogens with one attached hydrogen (secondary N) is 1. The van der Waals surface area contributed by atoms with E-state index in [0.717, 1.165) is 21.8 Å². The summed E-state index contributed by atoms with van der Waals surface area (Å²) < 4.78 is 12.5. The van der Waals surface area contributed by atoms with E-state index in [2.05, 4.69) is 25.4 Å². The van der Waals surface area contributed by atoms with E-state index in [9.17, 15) is 23.9 Å². The van der Waals surface area contributed by atoms with Gasteiger partial charge in [0, 0.05) is 44.8 Å². The largest absolute Gasteiger partial charge is 0.477 e. The van der Waals surface area contributed by atoms with Gasteiger partial charge < -0.3 is 32.5 Å². The van der Waals surface area contributed by atoms with Crippen LogP contribution in [-0.4, -0.2) is 92.2 Å². The summed E-state index contributed by atoms with van der Waals surface area (Å²) in [5, 5.41) is 17.3. The number of aliphatic carboxylic acids is 1. The number of nitrogens with zero attached hydrogens (tertiary/aromatic N) is 5. The highest BCUT2D eigenvalue weighted by Crippen LogP contribution is 2.45. The van der Waals surface area contributed by atoms with Crippen LogP contribution in [0.25, 0.3) is 0 Å². The summed E-state index contributed by atoms with van der Waals surface area (Å²) >= 11 is 5.24. The molecule has 2 aromatic rings. The van der Waals surface area contributed by atoms with Crippen molar-refractivity contribution in [1.82, 2.24) is 20.2 Å². The predicted octanol–water partition coefficient (Wildman–Crippen LogP) is 0.806. The minimum Gasteiger partial charge on any atom is -0.477 e. The quantitative estimate of drug-likeness (QED) is 0.0625. The Kier molecular flexibility index (Phi) is 10.9. The molecule has 224 valence electrons. The number of thiazole rings is 1.